The molecule has 1 amide bonds. The number of fused-ring (bicyclic) bond motifs is 1. The zero-order valence-electron chi connectivity index (χ0n) is 17.8. The smallest absolute Gasteiger partial charge is 0.497 e. The molecule has 0 saturated heterocycles. The Labute approximate surface area is 174 Å². The summed E-state index contributed by atoms with van der Waals surface area (Å²) < 4.78 is 16.6. The minimum absolute atomic E-state index is 0.0553. The monoisotopic (exact) mass is 416 g/mol. The van der Waals surface area contributed by atoms with Crippen molar-refractivity contribution in [2.24, 2.45) is 5.41 Å². The third-order valence-electron chi connectivity index (χ3n) is 5.43. The van der Waals surface area contributed by atoms with Gasteiger partial charge in [-0.05, 0) is 23.1 Å². The van der Waals surface area contributed by atoms with E-state index in [1.165, 1.54) is 18.8 Å². The molecule has 1 aliphatic carbocycles. The minimum Gasteiger partial charge on any atom is -0.511 e. The van der Waals surface area contributed by atoms with Crippen LogP contribution in [-0.2, 0) is 25.5 Å². The highest BCUT2D eigenvalue weighted by Crippen LogP contribution is 2.39. The average molecular weight is 416 g/mol. The van der Waals surface area contributed by atoms with Crippen LogP contribution >= 0.6 is 0 Å². The van der Waals surface area contributed by atoms with Gasteiger partial charge in [0.05, 0.1) is 26.9 Å². The summed E-state index contributed by atoms with van der Waals surface area (Å²) in [5.41, 5.74) is 1.20. The topological polar surface area (TPSA) is 102 Å². The van der Waals surface area contributed by atoms with Crippen molar-refractivity contribution < 1.29 is 38.3 Å². The van der Waals surface area contributed by atoms with Crippen molar-refractivity contribution in [2.75, 3.05) is 27.9 Å². The Kier molecular flexibility index (Phi) is 5.70. The first-order valence-corrected chi connectivity index (χ1v) is 9.61. The highest BCUT2D eigenvalue weighted by atomic mass is 16.5. The lowest BCUT2D eigenvalue weighted by Gasteiger charge is -2.30. The van der Waals surface area contributed by atoms with Crippen molar-refractivity contribution in [3.63, 3.8) is 0 Å². The van der Waals surface area contributed by atoms with Gasteiger partial charge in [0, 0.05) is 19.3 Å². The van der Waals surface area contributed by atoms with Gasteiger partial charge in [-0.1, -0.05) is 13.8 Å². The molecule has 0 fully saturated rings. The number of methoxy groups -OCH3 is 3. The molecule has 0 bridgehead atoms. The molecule has 0 spiro atoms. The van der Waals surface area contributed by atoms with Gasteiger partial charge in [-0.15, -0.1) is 4.58 Å². The number of benzene rings is 1. The van der Waals surface area contributed by atoms with Gasteiger partial charge in [0.1, 0.15) is 11.3 Å². The van der Waals surface area contributed by atoms with E-state index in [4.69, 9.17) is 9.47 Å². The lowest BCUT2D eigenvalue weighted by Crippen LogP contribution is -2.42. The number of hydrogen-bond donors (Lipinski definition) is 1. The zero-order chi connectivity index (χ0) is 22.2. The maximum absolute atomic E-state index is 13.1. The molecule has 1 N–H and O–H groups in total. The van der Waals surface area contributed by atoms with Crippen molar-refractivity contribution in [3.8, 4) is 11.5 Å². The van der Waals surface area contributed by atoms with E-state index in [-0.39, 0.29) is 42.2 Å². The number of carbonyl (C=O) groups is 3. The zero-order valence-corrected chi connectivity index (χ0v) is 17.8. The molecule has 160 valence electrons. The number of allylic oxidation sites excluding steroid dienone is 2. The SMILES string of the molecule is COC(=O)C(=O)[N+]1=C(C2=C(O)CC(C)(C)CC2=O)c2cc(OC)c(OC)cc2CC1. The number of rotatable bonds is 3. The van der Waals surface area contributed by atoms with Crippen LogP contribution in [0.3, 0.4) is 0 Å². The first kappa shape index (κ1) is 21.5. The van der Waals surface area contributed by atoms with Crippen LogP contribution < -0.4 is 9.47 Å². The largest absolute Gasteiger partial charge is 0.511 e. The first-order valence-electron chi connectivity index (χ1n) is 9.61. The number of ketones is 1. The van der Waals surface area contributed by atoms with E-state index in [2.05, 4.69) is 4.74 Å². The second-order valence-electron chi connectivity index (χ2n) is 8.17. The average Bonchev–Trinajstić information content (AvgIpc) is 2.70. The summed E-state index contributed by atoms with van der Waals surface area (Å²) in [6.45, 7) is 3.94. The van der Waals surface area contributed by atoms with E-state index < -0.39 is 17.3 Å². The van der Waals surface area contributed by atoms with Crippen molar-refractivity contribution in [1.82, 2.24) is 0 Å². The molecule has 2 aliphatic rings. The van der Waals surface area contributed by atoms with Gasteiger partial charge in [0.25, 0.3) is 0 Å². The Hall–Kier alpha value is -3.16. The molecule has 1 aliphatic heterocycles. The summed E-state index contributed by atoms with van der Waals surface area (Å²) in [5.74, 6) is -1.41. The molecule has 8 heteroatoms. The predicted octanol–water partition coefficient (Wildman–Crippen LogP) is 1.96. The maximum Gasteiger partial charge on any atom is 0.497 e. The molecular weight excluding hydrogens is 390 g/mol. The number of amides is 1. The minimum atomic E-state index is -1.04. The molecular formula is C22H26NO7+. The number of Topliss-reactive ketones (excluding diaryl/α,β-unsaturated/α-hetero) is 1. The molecule has 0 aromatic heterocycles. The number of carbonyl (C=O) groups excluding carboxylic acids is 3. The van der Waals surface area contributed by atoms with E-state index in [9.17, 15) is 19.5 Å². The Morgan fingerprint density at radius 3 is 2.27 bits per heavy atom. The summed E-state index contributed by atoms with van der Waals surface area (Å²) in [7, 11) is 4.12. The predicted molar refractivity (Wildman–Crippen MR) is 107 cm³/mol. The molecule has 0 radical (unpaired) electrons. The number of aliphatic hydroxyl groups is 1. The van der Waals surface area contributed by atoms with Crippen LogP contribution in [0.5, 0.6) is 11.5 Å². The van der Waals surface area contributed by atoms with Gasteiger partial charge in [-0.25, -0.2) is 9.59 Å². The highest BCUT2D eigenvalue weighted by molar-refractivity contribution is 6.34. The molecule has 1 aromatic carbocycles. The van der Waals surface area contributed by atoms with Crippen molar-refractivity contribution in [1.29, 1.82) is 0 Å². The van der Waals surface area contributed by atoms with Crippen LogP contribution in [0.25, 0.3) is 0 Å². The highest BCUT2D eigenvalue weighted by Gasteiger charge is 2.44. The lowest BCUT2D eigenvalue weighted by atomic mass is 9.74. The molecule has 8 nitrogen and oxygen atoms in total. The standard InChI is InChI=1S/C22H25NO7/c1-22(2)10-14(24)18(15(25)11-22)19-13-9-17(29-4)16(28-3)8-12(13)6-7-23(19)20(26)21(27)30-5/h8-9H,6-7,10-11H2,1-5H3/p+1. The van der Waals surface area contributed by atoms with Crippen LogP contribution in [0.4, 0.5) is 0 Å². The van der Waals surface area contributed by atoms with E-state index >= 15 is 0 Å². The molecule has 3 rings (SSSR count). The van der Waals surface area contributed by atoms with Gasteiger partial charge in [-0.2, -0.15) is 0 Å². The molecule has 1 heterocycles. The van der Waals surface area contributed by atoms with E-state index in [1.54, 1.807) is 12.1 Å². The molecule has 1 aromatic rings. The number of esters is 1. The van der Waals surface area contributed by atoms with Gasteiger partial charge in [0.2, 0.25) is 5.71 Å². The fraction of sp³-hybridized carbons (Fsp3) is 0.455. The summed E-state index contributed by atoms with van der Waals surface area (Å²) in [5, 5.41) is 10.8. The van der Waals surface area contributed by atoms with Crippen LogP contribution in [-0.4, -0.2) is 60.9 Å². The van der Waals surface area contributed by atoms with Gasteiger partial charge in [-0.3, -0.25) is 4.79 Å². The summed E-state index contributed by atoms with van der Waals surface area (Å²) in [6.07, 6.45) is 0.912. The van der Waals surface area contributed by atoms with Crippen molar-refractivity contribution in [2.45, 2.75) is 33.1 Å². The lowest BCUT2D eigenvalue weighted by molar-refractivity contribution is -0.445. The van der Waals surface area contributed by atoms with Crippen LogP contribution in [0.2, 0.25) is 0 Å². The van der Waals surface area contributed by atoms with E-state index in [0.29, 0.717) is 23.5 Å². The van der Waals surface area contributed by atoms with Gasteiger partial charge in [0.15, 0.2) is 23.8 Å². The quantitative estimate of drug-likeness (QED) is 0.457. The van der Waals surface area contributed by atoms with Crippen molar-refractivity contribution in [3.05, 3.63) is 34.6 Å². The summed E-state index contributed by atoms with van der Waals surface area (Å²) in [4.78, 5) is 37.8. The normalized spacial score (nSPS) is 18.1. The third kappa shape index (κ3) is 3.69. The number of ether oxygens (including phenoxy) is 3. The Bertz CT molecular complexity index is 1000. The summed E-state index contributed by atoms with van der Waals surface area (Å²) in [6, 6.07) is 3.44. The molecule has 0 saturated carbocycles. The molecule has 0 atom stereocenters. The van der Waals surface area contributed by atoms with Crippen molar-refractivity contribution >= 4 is 23.4 Å². The number of aliphatic hydroxyl groups excluding tert-OH is 1. The molecule has 0 unspecified atom stereocenters. The van der Waals surface area contributed by atoms with Gasteiger partial charge >= 0.3 is 11.9 Å². The van der Waals surface area contributed by atoms with E-state index in [1.807, 2.05) is 13.8 Å². The second kappa shape index (κ2) is 7.93. The Morgan fingerprint density at radius 1 is 1.07 bits per heavy atom. The van der Waals surface area contributed by atoms with Gasteiger partial charge < -0.3 is 19.3 Å². The number of hydrogen-bond acceptors (Lipinski definition) is 7. The van der Waals surface area contributed by atoms with Crippen LogP contribution in [0.1, 0.15) is 37.8 Å². The van der Waals surface area contributed by atoms with Crippen LogP contribution in [0, 0.1) is 5.41 Å². The molecule has 30 heavy (non-hydrogen) atoms. The Morgan fingerprint density at radius 2 is 1.70 bits per heavy atom. The fourth-order valence-corrected chi connectivity index (χ4v) is 4.06. The summed E-state index contributed by atoms with van der Waals surface area (Å²) >= 11 is 0. The number of nitrogens with zero attached hydrogens (tertiary/aromatic N) is 1. The maximum atomic E-state index is 13.1. The second-order valence-corrected chi connectivity index (χ2v) is 8.17. The van der Waals surface area contributed by atoms with Crippen LogP contribution in [0.15, 0.2) is 23.5 Å². The Balaban J connectivity index is 2.33. The van der Waals surface area contributed by atoms with E-state index in [0.717, 1.165) is 12.7 Å². The fourth-order valence-electron chi connectivity index (χ4n) is 4.06. The first-order chi connectivity index (χ1) is 14.1. The third-order valence-corrected chi connectivity index (χ3v) is 5.43.